The molecule has 1 aliphatic heterocycles. The maximum Gasteiger partial charge on any atom is 0.254 e. The zero-order valence-electron chi connectivity index (χ0n) is 13.1. The zero-order valence-corrected chi connectivity index (χ0v) is 14.6. The van der Waals surface area contributed by atoms with Crippen LogP contribution in [0.4, 0.5) is 0 Å². The van der Waals surface area contributed by atoms with E-state index in [4.69, 9.17) is 22.1 Å². The largest absolute Gasteiger partial charge is 0.364 e. The third-order valence-corrected chi connectivity index (χ3v) is 4.24. The molecule has 4 nitrogen and oxygen atoms in total. The van der Waals surface area contributed by atoms with Gasteiger partial charge in [0.15, 0.2) is 6.10 Å². The first-order valence-corrected chi connectivity index (χ1v) is 8.03. The van der Waals surface area contributed by atoms with Gasteiger partial charge in [0.1, 0.15) is 0 Å². The Morgan fingerprint density at radius 3 is 2.62 bits per heavy atom. The molecular weight excluding hydrogens is 347 g/mol. The van der Waals surface area contributed by atoms with Gasteiger partial charge in [-0.05, 0) is 41.3 Å². The van der Waals surface area contributed by atoms with Crippen molar-refractivity contribution in [2.45, 2.75) is 18.6 Å². The molecule has 1 heterocycles. The first kappa shape index (κ1) is 18.7. The molecule has 1 amide bonds. The van der Waals surface area contributed by atoms with Crippen molar-refractivity contribution in [3.8, 4) is 11.1 Å². The lowest BCUT2D eigenvalue weighted by Gasteiger charge is -2.16. The first-order valence-electron chi connectivity index (χ1n) is 7.65. The number of carbonyl (C=O) groups is 1. The number of rotatable bonds is 3. The monoisotopic (exact) mass is 366 g/mol. The van der Waals surface area contributed by atoms with Crippen LogP contribution in [0, 0.1) is 0 Å². The molecule has 24 heavy (non-hydrogen) atoms. The highest BCUT2D eigenvalue weighted by Gasteiger charge is 2.27. The van der Waals surface area contributed by atoms with Crippen molar-refractivity contribution in [1.82, 2.24) is 5.32 Å². The van der Waals surface area contributed by atoms with Gasteiger partial charge in [0.05, 0.1) is 6.61 Å². The van der Waals surface area contributed by atoms with Gasteiger partial charge in [0.25, 0.3) is 5.91 Å². The Labute approximate surface area is 152 Å². The average molecular weight is 367 g/mol. The highest BCUT2D eigenvalue weighted by Crippen LogP contribution is 2.27. The number of ether oxygens (including phenoxy) is 1. The van der Waals surface area contributed by atoms with Crippen LogP contribution in [-0.4, -0.2) is 25.1 Å². The fraction of sp³-hybridized carbons (Fsp3) is 0.278. The number of amides is 1. The highest BCUT2D eigenvalue weighted by molar-refractivity contribution is 6.30. The molecule has 2 aromatic rings. The van der Waals surface area contributed by atoms with Crippen molar-refractivity contribution in [2.75, 3.05) is 13.2 Å². The summed E-state index contributed by atoms with van der Waals surface area (Å²) in [5.74, 6) is -0.133. The zero-order chi connectivity index (χ0) is 16.2. The summed E-state index contributed by atoms with van der Waals surface area (Å²) in [4.78, 5) is 12.4. The molecule has 0 bridgehead atoms. The molecule has 0 radical (unpaired) electrons. The summed E-state index contributed by atoms with van der Waals surface area (Å²) in [6.45, 7) is 0.934. The molecule has 1 saturated heterocycles. The van der Waals surface area contributed by atoms with Gasteiger partial charge in [0.2, 0.25) is 0 Å². The molecule has 1 fully saturated rings. The van der Waals surface area contributed by atoms with Crippen molar-refractivity contribution in [3.05, 3.63) is 59.1 Å². The Hall–Kier alpha value is -1.59. The minimum absolute atomic E-state index is 0. The average Bonchev–Trinajstić information content (AvgIpc) is 2.77. The molecule has 0 saturated carbocycles. The maximum atomic E-state index is 12.4. The molecule has 3 N–H and O–H groups in total. The molecule has 0 aliphatic carbocycles. The second kappa shape index (κ2) is 8.49. The third kappa shape index (κ3) is 4.28. The molecule has 1 aliphatic rings. The van der Waals surface area contributed by atoms with Crippen LogP contribution in [0.2, 0.25) is 5.02 Å². The summed E-state index contributed by atoms with van der Waals surface area (Å²) in [7, 11) is 0. The van der Waals surface area contributed by atoms with Crippen LogP contribution in [0.5, 0.6) is 0 Å². The van der Waals surface area contributed by atoms with Gasteiger partial charge in [-0.1, -0.05) is 41.9 Å². The highest BCUT2D eigenvalue weighted by atomic mass is 35.5. The van der Waals surface area contributed by atoms with Crippen molar-refractivity contribution < 1.29 is 9.53 Å². The van der Waals surface area contributed by atoms with Crippen LogP contribution in [0.3, 0.4) is 0 Å². The summed E-state index contributed by atoms with van der Waals surface area (Å²) in [5, 5.41) is 3.64. The van der Waals surface area contributed by atoms with Crippen molar-refractivity contribution >= 4 is 29.9 Å². The molecule has 0 aromatic heterocycles. The predicted molar refractivity (Wildman–Crippen MR) is 98.4 cm³/mol. The lowest BCUT2D eigenvalue weighted by Crippen LogP contribution is -2.40. The second-order valence-electron chi connectivity index (χ2n) is 5.61. The SMILES string of the molecule is Cl.NC[C@@H]1CCO[C@@H](c2cccc(-c3ccc(Cl)cc3)c2)C(=O)N1. The van der Waals surface area contributed by atoms with E-state index in [9.17, 15) is 4.79 Å². The van der Waals surface area contributed by atoms with Gasteiger partial charge in [-0.15, -0.1) is 12.4 Å². The van der Waals surface area contributed by atoms with Crippen LogP contribution >= 0.6 is 24.0 Å². The predicted octanol–water partition coefficient (Wildman–Crippen LogP) is 3.33. The topological polar surface area (TPSA) is 64.3 Å². The van der Waals surface area contributed by atoms with Gasteiger partial charge >= 0.3 is 0 Å². The molecule has 0 unspecified atom stereocenters. The lowest BCUT2D eigenvalue weighted by atomic mass is 10.0. The van der Waals surface area contributed by atoms with Crippen LogP contribution in [0.25, 0.3) is 11.1 Å². The summed E-state index contributed by atoms with van der Waals surface area (Å²) in [6.07, 6.45) is 0.133. The van der Waals surface area contributed by atoms with E-state index in [1.165, 1.54) is 0 Å². The molecular formula is C18H20Cl2N2O2. The van der Waals surface area contributed by atoms with Crippen LogP contribution in [0.1, 0.15) is 18.1 Å². The summed E-state index contributed by atoms with van der Waals surface area (Å²) >= 11 is 5.93. The summed E-state index contributed by atoms with van der Waals surface area (Å²) < 4.78 is 5.75. The molecule has 2 aromatic carbocycles. The third-order valence-electron chi connectivity index (χ3n) is 3.99. The fourth-order valence-corrected chi connectivity index (χ4v) is 2.83. The van der Waals surface area contributed by atoms with Crippen molar-refractivity contribution in [3.63, 3.8) is 0 Å². The summed E-state index contributed by atoms with van der Waals surface area (Å²) in [5.41, 5.74) is 8.56. The molecule has 2 atom stereocenters. The van der Waals surface area contributed by atoms with Crippen LogP contribution in [0.15, 0.2) is 48.5 Å². The lowest BCUT2D eigenvalue weighted by molar-refractivity contribution is -0.131. The van der Waals surface area contributed by atoms with E-state index in [0.717, 1.165) is 23.1 Å². The molecule has 6 heteroatoms. The minimum Gasteiger partial charge on any atom is -0.364 e. The summed E-state index contributed by atoms with van der Waals surface area (Å²) in [6, 6.07) is 15.4. The number of benzene rings is 2. The maximum absolute atomic E-state index is 12.4. The Morgan fingerprint density at radius 2 is 1.92 bits per heavy atom. The number of carbonyl (C=O) groups excluding carboxylic acids is 1. The number of hydrogen-bond donors (Lipinski definition) is 2. The number of hydrogen-bond acceptors (Lipinski definition) is 3. The van der Waals surface area contributed by atoms with E-state index in [1.54, 1.807) is 0 Å². The van der Waals surface area contributed by atoms with E-state index >= 15 is 0 Å². The number of halogens is 2. The number of nitrogens with two attached hydrogens (primary N) is 1. The fourth-order valence-electron chi connectivity index (χ4n) is 2.70. The molecule has 128 valence electrons. The second-order valence-corrected chi connectivity index (χ2v) is 6.05. The smallest absolute Gasteiger partial charge is 0.254 e. The minimum atomic E-state index is -0.598. The first-order chi connectivity index (χ1) is 11.2. The van der Waals surface area contributed by atoms with E-state index in [2.05, 4.69) is 5.32 Å². The van der Waals surface area contributed by atoms with Gasteiger partial charge < -0.3 is 15.8 Å². The van der Waals surface area contributed by atoms with Crippen LogP contribution < -0.4 is 11.1 Å². The van der Waals surface area contributed by atoms with E-state index < -0.39 is 6.10 Å². The Morgan fingerprint density at radius 1 is 1.17 bits per heavy atom. The van der Waals surface area contributed by atoms with Gasteiger partial charge in [-0.25, -0.2) is 0 Å². The van der Waals surface area contributed by atoms with Gasteiger partial charge in [-0.2, -0.15) is 0 Å². The standard InChI is InChI=1S/C18H19ClN2O2.ClH/c19-15-6-4-12(5-7-15)13-2-1-3-14(10-13)17-18(22)21-16(11-20)8-9-23-17;/h1-7,10,16-17H,8-9,11,20H2,(H,21,22);1H/t16-,17-;/m0./s1. The van der Waals surface area contributed by atoms with Crippen molar-refractivity contribution in [2.24, 2.45) is 5.73 Å². The van der Waals surface area contributed by atoms with Crippen molar-refractivity contribution in [1.29, 1.82) is 0 Å². The van der Waals surface area contributed by atoms with Crippen LogP contribution in [-0.2, 0) is 9.53 Å². The normalized spacial score (nSPS) is 20.7. The number of nitrogens with one attached hydrogen (secondary N) is 1. The van der Waals surface area contributed by atoms with Gasteiger partial charge in [-0.3, -0.25) is 4.79 Å². The Kier molecular flexibility index (Phi) is 6.63. The quantitative estimate of drug-likeness (QED) is 0.875. The Bertz CT molecular complexity index is 692. The Balaban J connectivity index is 0.00000208. The van der Waals surface area contributed by atoms with E-state index in [0.29, 0.717) is 18.2 Å². The molecule has 0 spiro atoms. The molecule has 3 rings (SSSR count). The van der Waals surface area contributed by atoms with Gasteiger partial charge in [0, 0.05) is 17.6 Å². The van der Waals surface area contributed by atoms with E-state index in [-0.39, 0.29) is 24.4 Å². The van der Waals surface area contributed by atoms with E-state index in [1.807, 2.05) is 48.5 Å².